The van der Waals surface area contributed by atoms with Crippen LogP contribution in [-0.4, -0.2) is 17.0 Å². The van der Waals surface area contributed by atoms with Gasteiger partial charge in [0, 0.05) is 25.2 Å². The summed E-state index contributed by atoms with van der Waals surface area (Å²) in [5, 5.41) is 0. The molecule has 0 amide bonds. The number of nitrogen functional groups attached to an aromatic ring is 1. The van der Waals surface area contributed by atoms with E-state index in [-0.39, 0.29) is 0 Å². The van der Waals surface area contributed by atoms with Crippen LogP contribution in [0.1, 0.15) is 18.3 Å². The minimum Gasteiger partial charge on any atom is -0.384 e. The van der Waals surface area contributed by atoms with Crippen molar-refractivity contribution >= 4 is 17.3 Å². The summed E-state index contributed by atoms with van der Waals surface area (Å²) in [6.07, 6.45) is 0.778. The third kappa shape index (κ3) is 2.59. The zero-order valence-corrected chi connectivity index (χ0v) is 11.0. The van der Waals surface area contributed by atoms with Crippen molar-refractivity contribution < 1.29 is 0 Å². The molecule has 1 heterocycles. The fourth-order valence-corrected chi connectivity index (χ4v) is 1.73. The first-order valence-corrected chi connectivity index (χ1v) is 6.04. The van der Waals surface area contributed by atoms with Gasteiger partial charge in [-0.15, -0.1) is 0 Å². The standard InChI is InChI=1S/C14H18N4/c1-4-13-16-12(15)9-14(17-13)18(3)11-7-5-10(2)6-8-11/h5-9H,4H2,1-3H3,(H2,15,16,17). The van der Waals surface area contributed by atoms with E-state index in [1.54, 1.807) is 6.07 Å². The van der Waals surface area contributed by atoms with E-state index >= 15 is 0 Å². The van der Waals surface area contributed by atoms with Gasteiger partial charge in [0.15, 0.2) is 0 Å². The normalized spacial score (nSPS) is 10.4. The zero-order valence-electron chi connectivity index (χ0n) is 11.0. The van der Waals surface area contributed by atoms with Gasteiger partial charge < -0.3 is 10.6 Å². The molecule has 2 aromatic rings. The third-order valence-electron chi connectivity index (χ3n) is 2.86. The SMILES string of the molecule is CCc1nc(N)cc(N(C)c2ccc(C)cc2)n1. The molecule has 0 saturated heterocycles. The van der Waals surface area contributed by atoms with Crippen LogP contribution >= 0.6 is 0 Å². The van der Waals surface area contributed by atoms with Crippen LogP contribution in [0.25, 0.3) is 0 Å². The van der Waals surface area contributed by atoms with E-state index in [0.29, 0.717) is 5.82 Å². The van der Waals surface area contributed by atoms with Gasteiger partial charge in [0.1, 0.15) is 17.5 Å². The molecule has 0 aliphatic heterocycles. The molecule has 0 fully saturated rings. The monoisotopic (exact) mass is 242 g/mol. The number of nitrogens with two attached hydrogens (primary N) is 1. The fourth-order valence-electron chi connectivity index (χ4n) is 1.73. The Hall–Kier alpha value is -2.10. The van der Waals surface area contributed by atoms with Crippen LogP contribution in [0.3, 0.4) is 0 Å². The van der Waals surface area contributed by atoms with E-state index in [4.69, 9.17) is 5.73 Å². The topological polar surface area (TPSA) is 55.0 Å². The lowest BCUT2D eigenvalue weighted by atomic mass is 10.2. The molecule has 2 rings (SSSR count). The van der Waals surface area contributed by atoms with Crippen LogP contribution in [0.2, 0.25) is 0 Å². The molecule has 0 saturated carbocycles. The lowest BCUT2D eigenvalue weighted by Crippen LogP contribution is -2.13. The number of hydrogen-bond acceptors (Lipinski definition) is 4. The number of aromatic nitrogens is 2. The highest BCUT2D eigenvalue weighted by Crippen LogP contribution is 2.23. The van der Waals surface area contributed by atoms with Gasteiger partial charge in [-0.2, -0.15) is 0 Å². The van der Waals surface area contributed by atoms with Gasteiger partial charge in [-0.1, -0.05) is 24.6 Å². The Labute approximate surface area is 107 Å². The van der Waals surface area contributed by atoms with Crippen LogP contribution in [0.5, 0.6) is 0 Å². The van der Waals surface area contributed by atoms with Gasteiger partial charge in [0.25, 0.3) is 0 Å². The van der Waals surface area contributed by atoms with E-state index in [9.17, 15) is 0 Å². The highest BCUT2D eigenvalue weighted by molar-refractivity contribution is 5.61. The molecule has 0 radical (unpaired) electrons. The molecule has 94 valence electrons. The average Bonchev–Trinajstić information content (AvgIpc) is 2.38. The van der Waals surface area contributed by atoms with E-state index in [2.05, 4.69) is 41.2 Å². The molecule has 0 aliphatic carbocycles. The predicted octanol–water partition coefficient (Wildman–Crippen LogP) is 2.70. The summed E-state index contributed by atoms with van der Waals surface area (Å²) in [7, 11) is 1.98. The molecule has 1 aromatic heterocycles. The summed E-state index contributed by atoms with van der Waals surface area (Å²) in [5.74, 6) is 2.10. The lowest BCUT2D eigenvalue weighted by molar-refractivity contribution is 0.931. The Bertz CT molecular complexity index is 534. The second-order valence-electron chi connectivity index (χ2n) is 4.32. The summed E-state index contributed by atoms with van der Waals surface area (Å²) in [6, 6.07) is 10.1. The number of nitrogens with zero attached hydrogens (tertiary/aromatic N) is 3. The predicted molar refractivity (Wildman–Crippen MR) is 75.1 cm³/mol. The maximum atomic E-state index is 5.80. The summed E-state index contributed by atoms with van der Waals surface area (Å²) in [4.78, 5) is 10.7. The second-order valence-corrected chi connectivity index (χ2v) is 4.32. The number of rotatable bonds is 3. The van der Waals surface area contributed by atoms with Crippen LogP contribution < -0.4 is 10.6 Å². The Kier molecular flexibility index (Phi) is 3.46. The summed E-state index contributed by atoms with van der Waals surface area (Å²) < 4.78 is 0. The van der Waals surface area contributed by atoms with Crippen LogP contribution in [0.4, 0.5) is 17.3 Å². The number of aryl methyl sites for hydroxylation is 2. The Morgan fingerprint density at radius 3 is 2.44 bits per heavy atom. The molecule has 4 heteroatoms. The van der Waals surface area contributed by atoms with Crippen LogP contribution in [-0.2, 0) is 6.42 Å². The maximum absolute atomic E-state index is 5.80. The first kappa shape index (κ1) is 12.4. The van der Waals surface area contributed by atoms with Gasteiger partial charge in [0.05, 0.1) is 0 Å². The van der Waals surface area contributed by atoms with Gasteiger partial charge in [-0.05, 0) is 19.1 Å². The van der Waals surface area contributed by atoms with Crippen molar-refractivity contribution in [2.24, 2.45) is 0 Å². The maximum Gasteiger partial charge on any atom is 0.138 e. The highest BCUT2D eigenvalue weighted by Gasteiger charge is 2.08. The lowest BCUT2D eigenvalue weighted by Gasteiger charge is -2.19. The van der Waals surface area contributed by atoms with Crippen molar-refractivity contribution in [1.29, 1.82) is 0 Å². The van der Waals surface area contributed by atoms with E-state index in [1.807, 2.05) is 18.9 Å². The largest absolute Gasteiger partial charge is 0.384 e. The Morgan fingerprint density at radius 2 is 1.83 bits per heavy atom. The van der Waals surface area contributed by atoms with Crippen molar-refractivity contribution in [2.75, 3.05) is 17.7 Å². The number of anilines is 3. The van der Waals surface area contributed by atoms with E-state index in [0.717, 1.165) is 23.8 Å². The van der Waals surface area contributed by atoms with Gasteiger partial charge in [-0.25, -0.2) is 9.97 Å². The molecule has 0 atom stereocenters. The molecule has 1 aromatic carbocycles. The van der Waals surface area contributed by atoms with E-state index in [1.165, 1.54) is 5.56 Å². The number of hydrogen-bond donors (Lipinski definition) is 1. The summed E-state index contributed by atoms with van der Waals surface area (Å²) in [6.45, 7) is 4.09. The molecule has 4 nitrogen and oxygen atoms in total. The van der Waals surface area contributed by atoms with E-state index < -0.39 is 0 Å². The molecule has 0 spiro atoms. The average molecular weight is 242 g/mol. The summed E-state index contributed by atoms with van der Waals surface area (Å²) in [5.41, 5.74) is 8.12. The molecular weight excluding hydrogens is 224 g/mol. The summed E-state index contributed by atoms with van der Waals surface area (Å²) >= 11 is 0. The van der Waals surface area contributed by atoms with Crippen LogP contribution in [0, 0.1) is 6.92 Å². The Morgan fingerprint density at radius 1 is 1.17 bits per heavy atom. The first-order valence-electron chi connectivity index (χ1n) is 6.04. The van der Waals surface area contributed by atoms with Crippen molar-refractivity contribution in [3.8, 4) is 0 Å². The highest BCUT2D eigenvalue weighted by atomic mass is 15.2. The first-order chi connectivity index (χ1) is 8.60. The second kappa shape index (κ2) is 5.04. The van der Waals surface area contributed by atoms with Gasteiger partial charge in [-0.3, -0.25) is 0 Å². The third-order valence-corrected chi connectivity index (χ3v) is 2.86. The molecule has 18 heavy (non-hydrogen) atoms. The van der Waals surface area contributed by atoms with Gasteiger partial charge in [0.2, 0.25) is 0 Å². The molecule has 2 N–H and O–H groups in total. The quantitative estimate of drug-likeness (QED) is 0.899. The molecule has 0 bridgehead atoms. The van der Waals surface area contributed by atoms with Crippen molar-refractivity contribution in [3.63, 3.8) is 0 Å². The van der Waals surface area contributed by atoms with Gasteiger partial charge >= 0.3 is 0 Å². The minimum atomic E-state index is 0.510. The number of benzene rings is 1. The fraction of sp³-hybridized carbons (Fsp3) is 0.286. The van der Waals surface area contributed by atoms with Crippen LogP contribution in [0.15, 0.2) is 30.3 Å². The van der Waals surface area contributed by atoms with Crippen molar-refractivity contribution in [1.82, 2.24) is 9.97 Å². The Balaban J connectivity index is 2.35. The molecule has 0 unspecified atom stereocenters. The molecule has 0 aliphatic rings. The molecular formula is C14H18N4. The minimum absolute atomic E-state index is 0.510. The smallest absolute Gasteiger partial charge is 0.138 e. The van der Waals surface area contributed by atoms with Crippen molar-refractivity contribution in [3.05, 3.63) is 41.7 Å². The van der Waals surface area contributed by atoms with Crippen molar-refractivity contribution in [2.45, 2.75) is 20.3 Å². The zero-order chi connectivity index (χ0) is 13.1.